The van der Waals surface area contributed by atoms with Gasteiger partial charge in [0.05, 0.1) is 6.10 Å². The molecule has 1 aliphatic heterocycles. The molecule has 2 aliphatic rings. The molecule has 0 unspecified atom stereocenters. The summed E-state index contributed by atoms with van der Waals surface area (Å²) in [6, 6.07) is 0. The minimum atomic E-state index is -0.0344. The van der Waals surface area contributed by atoms with Crippen molar-refractivity contribution in [3.63, 3.8) is 0 Å². The number of rotatable bonds is 3. The van der Waals surface area contributed by atoms with Crippen LogP contribution in [-0.2, 0) is 0 Å². The highest BCUT2D eigenvalue weighted by molar-refractivity contribution is 4.82. The largest absolute Gasteiger partial charge is 0.396 e. The molecule has 14 heavy (non-hydrogen) atoms. The van der Waals surface area contributed by atoms with E-state index < -0.39 is 0 Å². The number of aliphatic hydroxyl groups is 2. The summed E-state index contributed by atoms with van der Waals surface area (Å²) in [5, 5.41) is 18.3. The van der Waals surface area contributed by atoms with Crippen LogP contribution in [0.4, 0.5) is 0 Å². The molecule has 2 N–H and O–H groups in total. The Balaban J connectivity index is 1.62. The minimum Gasteiger partial charge on any atom is -0.396 e. The van der Waals surface area contributed by atoms with Gasteiger partial charge < -0.3 is 15.1 Å². The summed E-state index contributed by atoms with van der Waals surface area (Å²) in [4.78, 5) is 2.43. The van der Waals surface area contributed by atoms with Gasteiger partial charge in [-0.3, -0.25) is 0 Å². The van der Waals surface area contributed by atoms with Crippen molar-refractivity contribution in [3.05, 3.63) is 0 Å². The van der Waals surface area contributed by atoms with Crippen molar-refractivity contribution >= 4 is 0 Å². The van der Waals surface area contributed by atoms with Crippen molar-refractivity contribution < 1.29 is 10.2 Å². The Labute approximate surface area is 85.7 Å². The zero-order valence-corrected chi connectivity index (χ0v) is 8.73. The molecule has 1 aliphatic carbocycles. The highest BCUT2D eigenvalue weighted by Gasteiger charge is 2.29. The molecule has 0 bridgehead atoms. The maximum absolute atomic E-state index is 9.37. The molecule has 0 amide bonds. The second-order valence-corrected chi connectivity index (χ2v) is 4.94. The topological polar surface area (TPSA) is 43.7 Å². The first-order valence-electron chi connectivity index (χ1n) is 5.79. The lowest BCUT2D eigenvalue weighted by Gasteiger charge is -2.41. The number of likely N-dealkylation sites (tertiary alicyclic amines) is 1. The molecule has 3 heteroatoms. The third-order valence-corrected chi connectivity index (χ3v) is 3.62. The Morgan fingerprint density at radius 2 is 1.64 bits per heavy atom. The lowest BCUT2D eigenvalue weighted by atomic mass is 9.86. The molecule has 0 spiro atoms. The van der Waals surface area contributed by atoms with Gasteiger partial charge in [0.1, 0.15) is 0 Å². The van der Waals surface area contributed by atoms with E-state index in [1.165, 1.54) is 19.4 Å². The van der Waals surface area contributed by atoms with E-state index in [9.17, 15) is 5.11 Å². The fourth-order valence-electron chi connectivity index (χ4n) is 2.63. The summed E-state index contributed by atoms with van der Waals surface area (Å²) in [6.45, 7) is 3.69. The number of nitrogens with zero attached hydrogens (tertiary/aromatic N) is 1. The number of hydrogen-bond acceptors (Lipinski definition) is 3. The first kappa shape index (κ1) is 10.4. The van der Waals surface area contributed by atoms with Crippen molar-refractivity contribution in [1.29, 1.82) is 0 Å². The van der Waals surface area contributed by atoms with E-state index in [0.717, 1.165) is 31.8 Å². The Hall–Kier alpha value is -0.120. The van der Waals surface area contributed by atoms with Gasteiger partial charge >= 0.3 is 0 Å². The third-order valence-electron chi connectivity index (χ3n) is 3.62. The number of aliphatic hydroxyl groups excluding tert-OH is 2. The highest BCUT2D eigenvalue weighted by atomic mass is 16.3. The molecule has 0 aromatic rings. The van der Waals surface area contributed by atoms with Gasteiger partial charge in [-0.15, -0.1) is 0 Å². The van der Waals surface area contributed by atoms with E-state index in [1.807, 2.05) is 0 Å². The summed E-state index contributed by atoms with van der Waals surface area (Å²) >= 11 is 0. The maximum Gasteiger partial charge on any atom is 0.0540 e. The van der Waals surface area contributed by atoms with Crippen molar-refractivity contribution in [2.24, 2.45) is 11.8 Å². The van der Waals surface area contributed by atoms with E-state index in [4.69, 9.17) is 5.11 Å². The van der Waals surface area contributed by atoms with Crippen molar-refractivity contribution in [3.8, 4) is 0 Å². The van der Waals surface area contributed by atoms with Gasteiger partial charge in [-0.25, -0.2) is 0 Å². The lowest BCUT2D eigenvalue weighted by Crippen LogP contribution is -2.50. The molecule has 0 aromatic carbocycles. The number of hydrogen-bond donors (Lipinski definition) is 2. The van der Waals surface area contributed by atoms with Gasteiger partial charge in [-0.1, -0.05) is 0 Å². The molecule has 2 fully saturated rings. The Morgan fingerprint density at radius 3 is 2.21 bits per heavy atom. The van der Waals surface area contributed by atoms with Crippen LogP contribution >= 0.6 is 0 Å². The maximum atomic E-state index is 9.37. The quantitative estimate of drug-likeness (QED) is 0.694. The normalized spacial score (nSPS) is 35.6. The summed E-state index contributed by atoms with van der Waals surface area (Å²) < 4.78 is 0. The summed E-state index contributed by atoms with van der Waals surface area (Å²) in [5.74, 6) is 1.32. The third kappa shape index (κ3) is 2.47. The molecule has 2 rings (SSSR count). The zero-order chi connectivity index (χ0) is 9.97. The van der Waals surface area contributed by atoms with Crippen molar-refractivity contribution in [1.82, 2.24) is 4.90 Å². The zero-order valence-electron chi connectivity index (χ0n) is 8.73. The SMILES string of the molecule is OCC1CN(CC2CCC(O)CC2)C1. The fourth-order valence-corrected chi connectivity index (χ4v) is 2.63. The van der Waals surface area contributed by atoms with Crippen molar-refractivity contribution in [2.75, 3.05) is 26.2 Å². The average Bonchev–Trinajstić information content (AvgIpc) is 2.13. The minimum absolute atomic E-state index is 0.0344. The molecule has 1 heterocycles. The molecular formula is C11H21NO2. The molecule has 0 aromatic heterocycles. The summed E-state index contributed by atoms with van der Waals surface area (Å²) in [5.41, 5.74) is 0. The monoisotopic (exact) mass is 199 g/mol. The lowest BCUT2D eigenvalue weighted by molar-refractivity contribution is 0.0264. The first-order chi connectivity index (χ1) is 6.78. The predicted molar refractivity (Wildman–Crippen MR) is 55.0 cm³/mol. The van der Waals surface area contributed by atoms with E-state index in [1.54, 1.807) is 0 Å². The van der Waals surface area contributed by atoms with Gasteiger partial charge in [0, 0.05) is 32.2 Å². The van der Waals surface area contributed by atoms with Crippen LogP contribution in [0.5, 0.6) is 0 Å². The van der Waals surface area contributed by atoms with E-state index in [0.29, 0.717) is 12.5 Å². The molecule has 0 atom stereocenters. The second kappa shape index (κ2) is 4.60. The van der Waals surface area contributed by atoms with Gasteiger partial charge in [0.15, 0.2) is 0 Å². The molecular weight excluding hydrogens is 178 g/mol. The smallest absolute Gasteiger partial charge is 0.0540 e. The Morgan fingerprint density at radius 1 is 1.00 bits per heavy atom. The second-order valence-electron chi connectivity index (χ2n) is 4.94. The first-order valence-corrected chi connectivity index (χ1v) is 5.79. The van der Waals surface area contributed by atoms with E-state index >= 15 is 0 Å². The van der Waals surface area contributed by atoms with Crippen LogP contribution in [0, 0.1) is 11.8 Å². The van der Waals surface area contributed by atoms with Crippen LogP contribution in [0.25, 0.3) is 0 Å². The molecule has 1 saturated carbocycles. The fraction of sp³-hybridized carbons (Fsp3) is 1.00. The molecule has 1 saturated heterocycles. The van der Waals surface area contributed by atoms with E-state index in [2.05, 4.69) is 4.90 Å². The van der Waals surface area contributed by atoms with Gasteiger partial charge in [0.25, 0.3) is 0 Å². The van der Waals surface area contributed by atoms with Crippen LogP contribution in [0.3, 0.4) is 0 Å². The van der Waals surface area contributed by atoms with Crippen LogP contribution < -0.4 is 0 Å². The van der Waals surface area contributed by atoms with Crippen molar-refractivity contribution in [2.45, 2.75) is 31.8 Å². The van der Waals surface area contributed by atoms with Gasteiger partial charge in [0.2, 0.25) is 0 Å². The molecule has 0 radical (unpaired) electrons. The Kier molecular flexibility index (Phi) is 3.42. The summed E-state index contributed by atoms with van der Waals surface area (Å²) in [7, 11) is 0. The summed E-state index contributed by atoms with van der Waals surface area (Å²) in [6.07, 6.45) is 4.31. The van der Waals surface area contributed by atoms with E-state index in [-0.39, 0.29) is 6.10 Å². The van der Waals surface area contributed by atoms with Crippen LogP contribution in [0.15, 0.2) is 0 Å². The average molecular weight is 199 g/mol. The van der Waals surface area contributed by atoms with Gasteiger partial charge in [-0.05, 0) is 31.6 Å². The standard InChI is InChI=1S/C11H21NO2/c13-8-10-6-12(7-10)5-9-1-3-11(14)4-2-9/h9-11,13-14H,1-8H2. The molecule has 3 nitrogen and oxygen atoms in total. The van der Waals surface area contributed by atoms with Gasteiger partial charge in [-0.2, -0.15) is 0 Å². The Bertz CT molecular complexity index is 172. The molecule has 82 valence electrons. The van der Waals surface area contributed by atoms with Crippen LogP contribution in [0.2, 0.25) is 0 Å². The highest BCUT2D eigenvalue weighted by Crippen LogP contribution is 2.27. The van der Waals surface area contributed by atoms with Crippen LogP contribution in [0.1, 0.15) is 25.7 Å². The predicted octanol–water partition coefficient (Wildman–Crippen LogP) is 0.462. The van der Waals surface area contributed by atoms with Crippen LogP contribution in [-0.4, -0.2) is 47.5 Å².